The summed E-state index contributed by atoms with van der Waals surface area (Å²) < 4.78 is 34.5. The van der Waals surface area contributed by atoms with Crippen molar-refractivity contribution in [3.05, 3.63) is 30.4 Å². The highest BCUT2D eigenvalue weighted by atomic mass is 32.2. The molecule has 0 bridgehead atoms. The molecule has 3 rings (SSSR count). The third-order valence-electron chi connectivity index (χ3n) is 4.42. The zero-order valence-corrected chi connectivity index (χ0v) is 15.0. The highest BCUT2D eigenvalue weighted by Crippen LogP contribution is 2.30. The van der Waals surface area contributed by atoms with Gasteiger partial charge in [0, 0.05) is 32.5 Å². The number of hydrogen-bond donors (Lipinski definition) is 0. The van der Waals surface area contributed by atoms with E-state index in [1.165, 1.54) is 28.5 Å². The minimum atomic E-state index is -3.61. The SMILES string of the molecule is COC(=O)Cn1cc(S(=O)(=O)N2CCC(c3cnn(C)c3)CC2)cn1. The van der Waals surface area contributed by atoms with Crippen LogP contribution >= 0.6 is 0 Å². The molecule has 0 aromatic carbocycles. The van der Waals surface area contributed by atoms with Crippen molar-refractivity contribution in [3.8, 4) is 0 Å². The van der Waals surface area contributed by atoms with Crippen molar-refractivity contribution in [3.63, 3.8) is 0 Å². The summed E-state index contributed by atoms with van der Waals surface area (Å²) in [5.74, 6) is -0.161. The van der Waals surface area contributed by atoms with E-state index in [4.69, 9.17) is 0 Å². The predicted octanol–water partition coefficient (Wildman–Crippen LogP) is 0.358. The summed E-state index contributed by atoms with van der Waals surface area (Å²) in [6, 6.07) is 0. The number of piperidine rings is 1. The first-order valence-electron chi connectivity index (χ1n) is 7.98. The molecule has 0 N–H and O–H groups in total. The Morgan fingerprint density at radius 3 is 2.56 bits per heavy atom. The van der Waals surface area contributed by atoms with E-state index in [1.54, 1.807) is 4.68 Å². The molecule has 1 saturated heterocycles. The van der Waals surface area contributed by atoms with E-state index >= 15 is 0 Å². The smallest absolute Gasteiger partial charge is 0.327 e. The molecular weight excluding hydrogens is 346 g/mol. The monoisotopic (exact) mass is 367 g/mol. The number of carbonyl (C=O) groups is 1. The lowest BCUT2D eigenvalue weighted by atomic mass is 9.93. The van der Waals surface area contributed by atoms with E-state index in [-0.39, 0.29) is 11.4 Å². The number of ether oxygens (including phenoxy) is 1. The van der Waals surface area contributed by atoms with Gasteiger partial charge in [0.05, 0.1) is 19.5 Å². The van der Waals surface area contributed by atoms with E-state index in [0.29, 0.717) is 19.0 Å². The van der Waals surface area contributed by atoms with E-state index in [2.05, 4.69) is 14.9 Å². The average Bonchev–Trinajstić information content (AvgIpc) is 3.24. The van der Waals surface area contributed by atoms with E-state index in [1.807, 2.05) is 19.4 Å². The summed E-state index contributed by atoms with van der Waals surface area (Å²) in [4.78, 5) is 11.4. The Morgan fingerprint density at radius 1 is 1.24 bits per heavy atom. The van der Waals surface area contributed by atoms with Crippen LogP contribution in [0, 0.1) is 0 Å². The number of nitrogens with zero attached hydrogens (tertiary/aromatic N) is 5. The van der Waals surface area contributed by atoms with Crippen molar-refractivity contribution < 1.29 is 17.9 Å². The molecule has 0 amide bonds. The first kappa shape index (κ1) is 17.6. The highest BCUT2D eigenvalue weighted by molar-refractivity contribution is 7.89. The van der Waals surface area contributed by atoms with Gasteiger partial charge >= 0.3 is 5.97 Å². The van der Waals surface area contributed by atoms with Crippen molar-refractivity contribution in [2.45, 2.75) is 30.2 Å². The zero-order chi connectivity index (χ0) is 18.0. The topological polar surface area (TPSA) is 99.3 Å². The van der Waals surface area contributed by atoms with Crippen LogP contribution in [0.1, 0.15) is 24.3 Å². The van der Waals surface area contributed by atoms with Crippen LogP contribution in [-0.2, 0) is 33.1 Å². The summed E-state index contributed by atoms with van der Waals surface area (Å²) in [6.07, 6.45) is 7.95. The summed E-state index contributed by atoms with van der Waals surface area (Å²) >= 11 is 0. The first-order chi connectivity index (χ1) is 11.9. The van der Waals surface area contributed by atoms with Crippen LogP contribution in [0.3, 0.4) is 0 Å². The lowest BCUT2D eigenvalue weighted by Gasteiger charge is -2.30. The van der Waals surface area contributed by atoms with Crippen molar-refractivity contribution in [1.29, 1.82) is 0 Å². The largest absolute Gasteiger partial charge is 0.468 e. The number of rotatable bonds is 5. The molecule has 136 valence electrons. The maximum absolute atomic E-state index is 12.7. The van der Waals surface area contributed by atoms with Gasteiger partial charge in [-0.15, -0.1) is 0 Å². The van der Waals surface area contributed by atoms with Gasteiger partial charge in [-0.2, -0.15) is 14.5 Å². The van der Waals surface area contributed by atoms with Gasteiger partial charge in [-0.1, -0.05) is 0 Å². The first-order valence-corrected chi connectivity index (χ1v) is 9.42. The molecule has 2 aromatic heterocycles. The van der Waals surface area contributed by atoms with Crippen LogP contribution in [0.15, 0.2) is 29.7 Å². The quantitative estimate of drug-likeness (QED) is 0.708. The minimum absolute atomic E-state index is 0.0937. The number of aromatic nitrogens is 4. The number of carbonyl (C=O) groups excluding carboxylic acids is 1. The van der Waals surface area contributed by atoms with Crippen molar-refractivity contribution in [2.75, 3.05) is 20.2 Å². The normalized spacial score (nSPS) is 16.9. The second-order valence-corrected chi connectivity index (χ2v) is 8.01. The van der Waals surface area contributed by atoms with Crippen LogP contribution in [-0.4, -0.2) is 58.5 Å². The van der Waals surface area contributed by atoms with Gasteiger partial charge in [0.15, 0.2) is 0 Å². The minimum Gasteiger partial charge on any atom is -0.468 e. The third kappa shape index (κ3) is 3.74. The van der Waals surface area contributed by atoms with Crippen LogP contribution < -0.4 is 0 Å². The molecule has 3 heterocycles. The fourth-order valence-corrected chi connectivity index (χ4v) is 4.42. The molecule has 10 heteroatoms. The van der Waals surface area contributed by atoms with Crippen LogP contribution in [0.5, 0.6) is 0 Å². The highest BCUT2D eigenvalue weighted by Gasteiger charge is 2.31. The third-order valence-corrected chi connectivity index (χ3v) is 6.27. The Morgan fingerprint density at radius 2 is 1.96 bits per heavy atom. The van der Waals surface area contributed by atoms with Crippen LogP contribution in [0.2, 0.25) is 0 Å². The summed E-state index contributed by atoms with van der Waals surface area (Å²) in [7, 11) is -0.463. The maximum atomic E-state index is 12.7. The summed E-state index contributed by atoms with van der Waals surface area (Å²) in [5, 5.41) is 8.11. The van der Waals surface area contributed by atoms with E-state index in [0.717, 1.165) is 18.4 Å². The Labute approximate surface area is 146 Å². The van der Waals surface area contributed by atoms with Crippen LogP contribution in [0.25, 0.3) is 0 Å². The maximum Gasteiger partial charge on any atom is 0.327 e. The Bertz CT molecular complexity index is 849. The van der Waals surface area contributed by atoms with Crippen molar-refractivity contribution in [1.82, 2.24) is 23.9 Å². The molecule has 0 unspecified atom stereocenters. The Kier molecular flexibility index (Phi) is 4.91. The van der Waals surface area contributed by atoms with Crippen LogP contribution in [0.4, 0.5) is 0 Å². The number of methoxy groups -OCH3 is 1. The standard InChI is InChI=1S/C15H21N5O4S/c1-18-9-13(7-16-18)12-3-5-20(6-4-12)25(22,23)14-8-17-19(10-14)11-15(21)24-2/h7-10,12H,3-6,11H2,1-2H3. The molecular formula is C15H21N5O4S. The molecule has 9 nitrogen and oxygen atoms in total. The molecule has 1 aliphatic rings. The zero-order valence-electron chi connectivity index (χ0n) is 14.2. The molecule has 1 aliphatic heterocycles. The summed E-state index contributed by atoms with van der Waals surface area (Å²) in [5.41, 5.74) is 1.14. The lowest BCUT2D eigenvalue weighted by Crippen LogP contribution is -2.37. The van der Waals surface area contributed by atoms with E-state index < -0.39 is 16.0 Å². The number of aryl methyl sites for hydroxylation is 1. The van der Waals surface area contributed by atoms with Gasteiger partial charge in [-0.05, 0) is 24.3 Å². The Balaban J connectivity index is 1.66. The molecule has 0 spiro atoms. The van der Waals surface area contributed by atoms with Gasteiger partial charge in [0.25, 0.3) is 0 Å². The van der Waals surface area contributed by atoms with Gasteiger partial charge in [0.2, 0.25) is 10.0 Å². The fraction of sp³-hybridized carbons (Fsp3) is 0.533. The second kappa shape index (κ2) is 6.96. The molecule has 1 fully saturated rings. The second-order valence-electron chi connectivity index (χ2n) is 6.08. The molecule has 0 radical (unpaired) electrons. The number of hydrogen-bond acceptors (Lipinski definition) is 6. The molecule has 25 heavy (non-hydrogen) atoms. The molecule has 0 aliphatic carbocycles. The van der Waals surface area contributed by atoms with Crippen molar-refractivity contribution in [2.24, 2.45) is 7.05 Å². The van der Waals surface area contributed by atoms with Crippen molar-refractivity contribution >= 4 is 16.0 Å². The van der Waals surface area contributed by atoms with Gasteiger partial charge in [0.1, 0.15) is 11.4 Å². The van der Waals surface area contributed by atoms with Gasteiger partial charge in [-0.25, -0.2) is 8.42 Å². The predicted molar refractivity (Wildman–Crippen MR) is 88.2 cm³/mol. The van der Waals surface area contributed by atoms with Gasteiger partial charge < -0.3 is 4.74 Å². The van der Waals surface area contributed by atoms with Gasteiger partial charge in [-0.3, -0.25) is 14.2 Å². The number of esters is 1. The molecule has 2 aromatic rings. The van der Waals surface area contributed by atoms with E-state index in [9.17, 15) is 13.2 Å². The Hall–Kier alpha value is -2.20. The molecule has 0 atom stereocenters. The average molecular weight is 367 g/mol. The fourth-order valence-electron chi connectivity index (χ4n) is 2.99. The summed E-state index contributed by atoms with van der Waals surface area (Å²) in [6.45, 7) is 0.781. The lowest BCUT2D eigenvalue weighted by molar-refractivity contribution is -0.141. The number of sulfonamides is 1. The molecule has 0 saturated carbocycles.